The Morgan fingerprint density at radius 3 is 2.76 bits per heavy atom. The van der Waals surface area contributed by atoms with Gasteiger partial charge in [0.2, 0.25) is 0 Å². The predicted molar refractivity (Wildman–Crippen MR) is 75.0 cm³/mol. The van der Waals surface area contributed by atoms with E-state index in [1.807, 2.05) is 0 Å². The molecule has 2 rings (SSSR count). The molecular weight excluding hydrogens is 274 g/mol. The Bertz CT molecular complexity index is 686. The number of nitrogens with one attached hydrogen (secondary N) is 1. The van der Waals surface area contributed by atoms with Crippen LogP contribution in [-0.2, 0) is 6.61 Å². The normalized spacial score (nSPS) is 10.7. The summed E-state index contributed by atoms with van der Waals surface area (Å²) in [5.41, 5.74) is 2.98. The summed E-state index contributed by atoms with van der Waals surface area (Å²) in [7, 11) is 0. The van der Waals surface area contributed by atoms with Crippen molar-refractivity contribution in [2.24, 2.45) is 5.10 Å². The summed E-state index contributed by atoms with van der Waals surface area (Å²) in [6.45, 7) is -0.262. The summed E-state index contributed by atoms with van der Waals surface area (Å²) in [5, 5.41) is 31.5. The van der Waals surface area contributed by atoms with Crippen molar-refractivity contribution >= 4 is 12.1 Å². The third-order valence-electron chi connectivity index (χ3n) is 2.62. The molecule has 1 amide bonds. The number of aliphatic hydroxyl groups excluding tert-OH is 1. The minimum absolute atomic E-state index is 0.110. The summed E-state index contributed by atoms with van der Waals surface area (Å²) < 4.78 is 0. The van der Waals surface area contributed by atoms with Crippen LogP contribution in [0.5, 0.6) is 11.5 Å². The van der Waals surface area contributed by atoms with E-state index in [-0.39, 0.29) is 29.4 Å². The van der Waals surface area contributed by atoms with Crippen LogP contribution >= 0.6 is 0 Å². The van der Waals surface area contributed by atoms with Gasteiger partial charge < -0.3 is 15.3 Å². The first-order valence-electron chi connectivity index (χ1n) is 6.03. The zero-order valence-electron chi connectivity index (χ0n) is 10.9. The van der Waals surface area contributed by atoms with Crippen LogP contribution in [0.2, 0.25) is 0 Å². The Morgan fingerprint density at radius 2 is 2.00 bits per heavy atom. The smallest absolute Gasteiger partial charge is 0.289 e. The van der Waals surface area contributed by atoms with Gasteiger partial charge in [0.25, 0.3) is 5.91 Å². The van der Waals surface area contributed by atoms with Crippen molar-refractivity contribution in [1.29, 1.82) is 0 Å². The van der Waals surface area contributed by atoms with Crippen molar-refractivity contribution in [3.63, 3.8) is 0 Å². The Hall–Kier alpha value is -2.93. The van der Waals surface area contributed by atoms with E-state index in [9.17, 15) is 15.0 Å². The molecule has 1 heterocycles. The van der Waals surface area contributed by atoms with Gasteiger partial charge in [-0.25, -0.2) is 10.4 Å². The number of hydrogen-bond acceptors (Lipinski definition) is 6. The van der Waals surface area contributed by atoms with Gasteiger partial charge in [0.15, 0.2) is 11.5 Å². The average molecular weight is 287 g/mol. The third kappa shape index (κ3) is 3.54. The lowest BCUT2D eigenvalue weighted by Crippen LogP contribution is -2.19. The third-order valence-corrected chi connectivity index (χ3v) is 2.62. The molecule has 0 radical (unpaired) electrons. The van der Waals surface area contributed by atoms with Crippen molar-refractivity contribution in [3.05, 3.63) is 53.3 Å². The van der Waals surface area contributed by atoms with E-state index in [4.69, 9.17) is 5.11 Å². The molecule has 0 aliphatic carbocycles. The summed E-state index contributed by atoms with van der Waals surface area (Å²) in [5.74, 6) is -1.15. The number of aromatic hydroxyl groups is 2. The monoisotopic (exact) mass is 287 g/mol. The number of carbonyl (C=O) groups is 1. The summed E-state index contributed by atoms with van der Waals surface area (Å²) in [6, 6.07) is 9.05. The number of benzene rings is 1. The second-order valence-corrected chi connectivity index (χ2v) is 4.09. The van der Waals surface area contributed by atoms with E-state index < -0.39 is 5.91 Å². The highest BCUT2D eigenvalue weighted by Gasteiger charge is 2.07. The summed E-state index contributed by atoms with van der Waals surface area (Å²) in [4.78, 5) is 15.7. The van der Waals surface area contributed by atoms with Gasteiger partial charge in [-0.05, 0) is 24.3 Å². The van der Waals surface area contributed by atoms with Crippen molar-refractivity contribution in [2.75, 3.05) is 0 Å². The topological polar surface area (TPSA) is 115 Å². The minimum atomic E-state index is -0.554. The Labute approximate surface area is 120 Å². The fraction of sp³-hybridized carbons (Fsp3) is 0.0714. The molecule has 0 saturated carbocycles. The second-order valence-electron chi connectivity index (χ2n) is 4.09. The van der Waals surface area contributed by atoms with E-state index in [0.29, 0.717) is 5.69 Å². The molecule has 1 aromatic heterocycles. The highest BCUT2D eigenvalue weighted by Crippen LogP contribution is 2.26. The van der Waals surface area contributed by atoms with Crippen LogP contribution in [0.15, 0.2) is 41.5 Å². The Balaban J connectivity index is 2.06. The maximum Gasteiger partial charge on any atom is 0.289 e. The van der Waals surface area contributed by atoms with Crippen LogP contribution in [-0.4, -0.2) is 32.4 Å². The lowest BCUT2D eigenvalue weighted by atomic mass is 10.2. The van der Waals surface area contributed by atoms with Gasteiger partial charge >= 0.3 is 0 Å². The summed E-state index contributed by atoms with van der Waals surface area (Å²) >= 11 is 0. The maximum absolute atomic E-state index is 11.8. The number of phenolic OH excluding ortho intramolecular Hbond substituents is 2. The van der Waals surface area contributed by atoms with Crippen LogP contribution in [0.1, 0.15) is 21.7 Å². The van der Waals surface area contributed by atoms with Crippen LogP contribution in [0, 0.1) is 0 Å². The van der Waals surface area contributed by atoms with Gasteiger partial charge in [0.05, 0.1) is 18.5 Å². The number of nitrogens with zero attached hydrogens (tertiary/aromatic N) is 2. The fourth-order valence-electron chi connectivity index (χ4n) is 1.56. The molecule has 108 valence electrons. The quantitative estimate of drug-likeness (QED) is 0.376. The molecule has 21 heavy (non-hydrogen) atoms. The molecule has 7 heteroatoms. The van der Waals surface area contributed by atoms with E-state index >= 15 is 0 Å². The number of phenols is 2. The molecule has 1 aromatic carbocycles. The molecule has 0 atom stereocenters. The molecule has 4 N–H and O–H groups in total. The van der Waals surface area contributed by atoms with Gasteiger partial charge in [0.1, 0.15) is 5.69 Å². The molecule has 0 unspecified atom stereocenters. The van der Waals surface area contributed by atoms with Crippen molar-refractivity contribution < 1.29 is 20.1 Å². The molecule has 2 aromatic rings. The molecule has 0 spiro atoms. The highest BCUT2D eigenvalue weighted by atomic mass is 16.3. The number of aliphatic hydroxyl groups is 1. The maximum atomic E-state index is 11.8. The predicted octanol–water partition coefficient (Wildman–Crippen LogP) is 0.749. The van der Waals surface area contributed by atoms with Crippen molar-refractivity contribution in [3.8, 4) is 11.5 Å². The zero-order valence-corrected chi connectivity index (χ0v) is 10.9. The molecule has 0 aliphatic rings. The lowest BCUT2D eigenvalue weighted by Gasteiger charge is -2.02. The minimum Gasteiger partial charge on any atom is -0.504 e. The number of amides is 1. The Morgan fingerprint density at radius 1 is 1.24 bits per heavy atom. The first kappa shape index (κ1) is 14.5. The number of aromatic nitrogens is 1. The fourth-order valence-corrected chi connectivity index (χ4v) is 1.56. The average Bonchev–Trinajstić information content (AvgIpc) is 2.51. The first-order valence-corrected chi connectivity index (χ1v) is 6.03. The zero-order chi connectivity index (χ0) is 15.2. The SMILES string of the molecule is O=C(N/N=C/c1cccc(O)c1O)c1cccc(CO)n1. The molecule has 0 saturated heterocycles. The van der Waals surface area contributed by atoms with Gasteiger partial charge in [-0.15, -0.1) is 0 Å². The summed E-state index contributed by atoms with van der Waals surface area (Å²) in [6.07, 6.45) is 1.20. The molecular formula is C14H13N3O4. The van der Waals surface area contributed by atoms with Gasteiger partial charge in [-0.1, -0.05) is 12.1 Å². The molecule has 0 bridgehead atoms. The van der Waals surface area contributed by atoms with Gasteiger partial charge in [-0.3, -0.25) is 4.79 Å². The van der Waals surface area contributed by atoms with Crippen LogP contribution in [0.4, 0.5) is 0 Å². The number of para-hydroxylation sites is 1. The first-order chi connectivity index (χ1) is 10.1. The van der Waals surface area contributed by atoms with E-state index in [2.05, 4.69) is 15.5 Å². The Kier molecular flexibility index (Phi) is 4.47. The standard InChI is InChI=1S/C14H13N3O4/c18-8-10-4-2-5-11(16-10)14(21)17-15-7-9-3-1-6-12(19)13(9)20/h1-7,18-20H,8H2,(H,17,21)/b15-7+. The number of carbonyl (C=O) groups excluding carboxylic acids is 1. The molecule has 0 fully saturated rings. The van der Waals surface area contributed by atoms with Crippen LogP contribution < -0.4 is 5.43 Å². The van der Waals surface area contributed by atoms with Crippen LogP contribution in [0.25, 0.3) is 0 Å². The number of rotatable bonds is 4. The van der Waals surface area contributed by atoms with Crippen molar-refractivity contribution in [1.82, 2.24) is 10.4 Å². The molecule has 0 aliphatic heterocycles. The van der Waals surface area contributed by atoms with E-state index in [1.165, 1.54) is 30.5 Å². The van der Waals surface area contributed by atoms with E-state index in [1.54, 1.807) is 12.1 Å². The van der Waals surface area contributed by atoms with Crippen LogP contribution in [0.3, 0.4) is 0 Å². The van der Waals surface area contributed by atoms with Crippen molar-refractivity contribution in [2.45, 2.75) is 6.61 Å². The lowest BCUT2D eigenvalue weighted by molar-refractivity contribution is 0.0949. The number of hydrazone groups is 1. The van der Waals surface area contributed by atoms with E-state index in [0.717, 1.165) is 0 Å². The molecule has 7 nitrogen and oxygen atoms in total. The van der Waals surface area contributed by atoms with Gasteiger partial charge in [0, 0.05) is 5.56 Å². The van der Waals surface area contributed by atoms with Gasteiger partial charge in [-0.2, -0.15) is 5.10 Å². The highest BCUT2D eigenvalue weighted by molar-refractivity contribution is 5.93. The second kappa shape index (κ2) is 6.49. The number of hydrogen-bond donors (Lipinski definition) is 4. The largest absolute Gasteiger partial charge is 0.504 e. The number of pyridine rings is 1.